The number of halogens is 1. The van der Waals surface area contributed by atoms with Crippen LogP contribution in [0.4, 0.5) is 4.39 Å². The van der Waals surface area contributed by atoms with Gasteiger partial charge < -0.3 is 10.3 Å². The van der Waals surface area contributed by atoms with Gasteiger partial charge >= 0.3 is 0 Å². The van der Waals surface area contributed by atoms with Crippen molar-refractivity contribution in [2.24, 2.45) is 0 Å². The van der Waals surface area contributed by atoms with Crippen LogP contribution < -0.4 is 10.9 Å². The standard InChI is InChI=1S/C23H24FN5OS/c24-19-4-2-1-3-15(19)8-10-29-14-28-22-21(23(29)30)18-6-5-16(11-20(18)31-22)26-9-7-17-12-25-13-27-17/h1-4,12-14,16,26H,5-11H2,(H,25,27). The smallest absolute Gasteiger partial charge is 0.262 e. The molecule has 31 heavy (non-hydrogen) atoms. The Kier molecular flexibility index (Phi) is 5.65. The second-order valence-electron chi connectivity index (χ2n) is 7.99. The molecule has 0 aliphatic heterocycles. The van der Waals surface area contributed by atoms with Crippen molar-refractivity contribution < 1.29 is 4.39 Å². The van der Waals surface area contributed by atoms with Crippen LogP contribution in [-0.4, -0.2) is 32.1 Å². The first-order chi connectivity index (χ1) is 15.2. The van der Waals surface area contributed by atoms with Gasteiger partial charge in [0.05, 0.1) is 18.0 Å². The Bertz CT molecular complexity index is 1250. The molecule has 0 radical (unpaired) electrons. The highest BCUT2D eigenvalue weighted by Gasteiger charge is 2.25. The molecule has 1 aromatic carbocycles. The van der Waals surface area contributed by atoms with Crippen molar-refractivity contribution in [1.82, 2.24) is 24.8 Å². The third-order valence-electron chi connectivity index (χ3n) is 6.00. The second kappa shape index (κ2) is 8.72. The lowest BCUT2D eigenvalue weighted by Crippen LogP contribution is -2.35. The van der Waals surface area contributed by atoms with Gasteiger partial charge in [0.25, 0.3) is 5.56 Å². The molecule has 1 aliphatic rings. The molecule has 160 valence electrons. The van der Waals surface area contributed by atoms with Crippen LogP contribution in [-0.2, 0) is 32.2 Å². The largest absolute Gasteiger partial charge is 0.348 e. The van der Waals surface area contributed by atoms with E-state index in [-0.39, 0.29) is 11.4 Å². The zero-order valence-electron chi connectivity index (χ0n) is 17.1. The van der Waals surface area contributed by atoms with Gasteiger partial charge in [-0.05, 0) is 42.9 Å². The highest BCUT2D eigenvalue weighted by atomic mass is 32.1. The summed E-state index contributed by atoms with van der Waals surface area (Å²) in [6.07, 6.45) is 9.36. The summed E-state index contributed by atoms with van der Waals surface area (Å²) in [6, 6.07) is 7.12. The number of imidazole rings is 1. The molecule has 6 nitrogen and oxygen atoms in total. The Morgan fingerprint density at radius 1 is 1.29 bits per heavy atom. The minimum Gasteiger partial charge on any atom is -0.348 e. The third-order valence-corrected chi connectivity index (χ3v) is 7.16. The monoisotopic (exact) mass is 437 g/mol. The number of aryl methyl sites for hydroxylation is 3. The Morgan fingerprint density at radius 3 is 3.03 bits per heavy atom. The van der Waals surface area contributed by atoms with Gasteiger partial charge in [0.15, 0.2) is 0 Å². The van der Waals surface area contributed by atoms with Gasteiger partial charge in [-0.25, -0.2) is 14.4 Å². The van der Waals surface area contributed by atoms with Crippen LogP contribution in [0.15, 0.2) is 47.9 Å². The van der Waals surface area contributed by atoms with Gasteiger partial charge in [0.1, 0.15) is 10.6 Å². The van der Waals surface area contributed by atoms with Crippen LogP contribution in [0.25, 0.3) is 10.2 Å². The van der Waals surface area contributed by atoms with Crippen LogP contribution in [0, 0.1) is 5.82 Å². The van der Waals surface area contributed by atoms with E-state index in [9.17, 15) is 9.18 Å². The van der Waals surface area contributed by atoms with Gasteiger partial charge in [-0.2, -0.15) is 0 Å². The quantitative estimate of drug-likeness (QED) is 0.465. The van der Waals surface area contributed by atoms with Crippen molar-refractivity contribution in [3.63, 3.8) is 0 Å². The molecule has 1 aliphatic carbocycles. The number of hydrogen-bond donors (Lipinski definition) is 2. The number of nitrogens with one attached hydrogen (secondary N) is 2. The fraction of sp³-hybridized carbons (Fsp3) is 0.348. The van der Waals surface area contributed by atoms with E-state index < -0.39 is 0 Å². The topological polar surface area (TPSA) is 75.6 Å². The van der Waals surface area contributed by atoms with Gasteiger partial charge in [-0.3, -0.25) is 9.36 Å². The first-order valence-corrected chi connectivity index (χ1v) is 11.4. The number of rotatable bonds is 7. The zero-order valence-corrected chi connectivity index (χ0v) is 17.9. The van der Waals surface area contributed by atoms with Crippen molar-refractivity contribution >= 4 is 21.6 Å². The number of thiophene rings is 1. The number of aromatic nitrogens is 4. The summed E-state index contributed by atoms with van der Waals surface area (Å²) in [6.45, 7) is 1.32. The molecular weight excluding hydrogens is 413 g/mol. The second-order valence-corrected chi connectivity index (χ2v) is 9.07. The van der Waals surface area contributed by atoms with Gasteiger partial charge in [-0.1, -0.05) is 18.2 Å². The van der Waals surface area contributed by atoms with Crippen LogP contribution in [0.2, 0.25) is 0 Å². The Hall–Kier alpha value is -2.84. The van der Waals surface area contributed by atoms with Gasteiger partial charge in [0, 0.05) is 42.3 Å². The highest BCUT2D eigenvalue weighted by molar-refractivity contribution is 7.18. The normalized spacial score (nSPS) is 16.0. The van der Waals surface area contributed by atoms with Crippen LogP contribution >= 0.6 is 11.3 Å². The predicted octanol–water partition coefficient (Wildman–Crippen LogP) is 3.25. The third kappa shape index (κ3) is 4.18. The van der Waals surface area contributed by atoms with E-state index in [4.69, 9.17) is 0 Å². The Balaban J connectivity index is 1.30. The molecule has 0 spiro atoms. The number of hydrogen-bond acceptors (Lipinski definition) is 5. The molecule has 8 heteroatoms. The average Bonchev–Trinajstić information content (AvgIpc) is 3.42. The Morgan fingerprint density at radius 2 is 2.19 bits per heavy atom. The van der Waals surface area contributed by atoms with Crippen molar-refractivity contribution in [2.75, 3.05) is 6.54 Å². The number of nitrogens with zero attached hydrogens (tertiary/aromatic N) is 3. The van der Waals surface area contributed by atoms with Crippen molar-refractivity contribution in [3.05, 3.63) is 81.0 Å². The van der Waals surface area contributed by atoms with E-state index in [1.54, 1.807) is 40.7 Å². The molecule has 0 saturated heterocycles. The minimum absolute atomic E-state index is 0.00973. The van der Waals surface area contributed by atoms with E-state index in [2.05, 4.69) is 20.3 Å². The summed E-state index contributed by atoms with van der Waals surface area (Å²) in [5.41, 5.74) is 2.89. The van der Waals surface area contributed by atoms with Crippen molar-refractivity contribution in [1.29, 1.82) is 0 Å². The molecule has 0 bridgehead atoms. The van der Waals surface area contributed by atoms with E-state index >= 15 is 0 Å². The van der Waals surface area contributed by atoms with E-state index in [1.807, 2.05) is 12.3 Å². The lowest BCUT2D eigenvalue weighted by Gasteiger charge is -2.23. The van der Waals surface area contributed by atoms with Crippen LogP contribution in [0.5, 0.6) is 0 Å². The minimum atomic E-state index is -0.233. The van der Waals surface area contributed by atoms with Gasteiger partial charge in [0.2, 0.25) is 0 Å². The van der Waals surface area contributed by atoms with E-state index in [0.29, 0.717) is 24.6 Å². The molecule has 0 saturated carbocycles. The maximum atomic E-state index is 13.9. The molecule has 3 aromatic heterocycles. The highest BCUT2D eigenvalue weighted by Crippen LogP contribution is 2.33. The number of benzene rings is 1. The molecule has 3 heterocycles. The molecule has 0 amide bonds. The predicted molar refractivity (Wildman–Crippen MR) is 120 cm³/mol. The zero-order chi connectivity index (χ0) is 21.2. The van der Waals surface area contributed by atoms with Crippen molar-refractivity contribution in [2.45, 2.75) is 44.7 Å². The fourth-order valence-corrected chi connectivity index (χ4v) is 5.57. The van der Waals surface area contributed by atoms with Crippen LogP contribution in [0.3, 0.4) is 0 Å². The SMILES string of the molecule is O=c1c2c3c(sc2ncn1CCc1ccccc1F)CC(NCCc1cnc[nH]1)CC3. The maximum absolute atomic E-state index is 13.9. The summed E-state index contributed by atoms with van der Waals surface area (Å²) in [4.78, 5) is 27.0. The lowest BCUT2D eigenvalue weighted by atomic mass is 9.93. The van der Waals surface area contributed by atoms with Gasteiger partial charge in [-0.15, -0.1) is 11.3 Å². The molecule has 1 atom stereocenters. The van der Waals surface area contributed by atoms with E-state index in [1.165, 1.54) is 10.9 Å². The first-order valence-electron chi connectivity index (χ1n) is 10.6. The molecule has 0 fully saturated rings. The molecule has 2 N–H and O–H groups in total. The summed E-state index contributed by atoms with van der Waals surface area (Å²) < 4.78 is 15.5. The summed E-state index contributed by atoms with van der Waals surface area (Å²) in [5.74, 6) is -0.233. The Labute approximate surface area is 183 Å². The van der Waals surface area contributed by atoms with Crippen LogP contribution in [0.1, 0.15) is 28.1 Å². The molecule has 5 rings (SSSR count). The maximum Gasteiger partial charge on any atom is 0.262 e. The van der Waals surface area contributed by atoms with Crippen molar-refractivity contribution in [3.8, 4) is 0 Å². The molecular formula is C23H24FN5OS. The number of aromatic amines is 1. The summed E-state index contributed by atoms with van der Waals surface area (Å²) >= 11 is 1.63. The molecule has 4 aromatic rings. The fourth-order valence-electron chi connectivity index (χ4n) is 4.31. The number of H-pyrrole nitrogens is 1. The summed E-state index contributed by atoms with van der Waals surface area (Å²) in [7, 11) is 0. The molecule has 1 unspecified atom stereocenters. The van der Waals surface area contributed by atoms with E-state index in [0.717, 1.165) is 53.7 Å². The lowest BCUT2D eigenvalue weighted by molar-refractivity contribution is 0.466. The first kappa shape index (κ1) is 20.1. The summed E-state index contributed by atoms with van der Waals surface area (Å²) in [5, 5.41) is 4.39. The number of fused-ring (bicyclic) bond motifs is 3. The average molecular weight is 438 g/mol.